The SMILES string of the molecule is Cc1ccc(NC(=O)C2CC(=O)N(c3c(C(C)C)cccc3C(C)C)C2)cc1. The molecule has 0 radical (unpaired) electrons. The van der Waals surface area contributed by atoms with Crippen molar-refractivity contribution in [1.29, 1.82) is 0 Å². The largest absolute Gasteiger partial charge is 0.326 e. The van der Waals surface area contributed by atoms with Gasteiger partial charge in [0.25, 0.3) is 0 Å². The number of nitrogens with zero attached hydrogens (tertiary/aromatic N) is 1. The zero-order valence-electron chi connectivity index (χ0n) is 17.5. The number of nitrogens with one attached hydrogen (secondary N) is 1. The fourth-order valence-corrected chi connectivity index (χ4v) is 3.80. The zero-order valence-corrected chi connectivity index (χ0v) is 17.5. The standard InChI is InChI=1S/C24H30N2O2/c1-15(2)20-7-6-8-21(16(3)4)23(20)26-14-18(13-22(26)27)24(28)25-19-11-9-17(5)10-12-19/h6-12,15-16,18H,13-14H2,1-5H3,(H,25,28). The number of carbonyl (C=O) groups excluding carboxylic acids is 2. The van der Waals surface area contributed by atoms with Crippen LogP contribution in [0.3, 0.4) is 0 Å². The lowest BCUT2D eigenvalue weighted by Crippen LogP contribution is -2.30. The summed E-state index contributed by atoms with van der Waals surface area (Å²) in [6, 6.07) is 14.0. The number of amides is 2. The van der Waals surface area contributed by atoms with Crippen molar-refractivity contribution in [3.05, 3.63) is 59.2 Å². The Labute approximate surface area is 167 Å². The monoisotopic (exact) mass is 378 g/mol. The third-order valence-electron chi connectivity index (χ3n) is 5.43. The Balaban J connectivity index is 1.85. The molecule has 2 aromatic rings. The molecule has 2 aromatic carbocycles. The maximum atomic E-state index is 12.9. The summed E-state index contributed by atoms with van der Waals surface area (Å²) in [5.41, 5.74) is 5.25. The Bertz CT molecular complexity index is 842. The third kappa shape index (κ3) is 4.11. The number of carbonyl (C=O) groups is 2. The fourth-order valence-electron chi connectivity index (χ4n) is 3.80. The topological polar surface area (TPSA) is 49.4 Å². The summed E-state index contributed by atoms with van der Waals surface area (Å²) in [5, 5.41) is 2.96. The molecule has 1 saturated heterocycles. The Morgan fingerprint density at radius 2 is 1.57 bits per heavy atom. The lowest BCUT2D eigenvalue weighted by Gasteiger charge is -2.27. The van der Waals surface area contributed by atoms with Gasteiger partial charge in [0, 0.05) is 18.7 Å². The van der Waals surface area contributed by atoms with Gasteiger partial charge in [-0.05, 0) is 42.0 Å². The van der Waals surface area contributed by atoms with Crippen LogP contribution in [0.5, 0.6) is 0 Å². The van der Waals surface area contributed by atoms with Gasteiger partial charge in [-0.3, -0.25) is 9.59 Å². The van der Waals surface area contributed by atoms with Crippen LogP contribution in [-0.4, -0.2) is 18.4 Å². The van der Waals surface area contributed by atoms with Gasteiger partial charge in [-0.25, -0.2) is 0 Å². The van der Waals surface area contributed by atoms with Crippen LogP contribution >= 0.6 is 0 Å². The van der Waals surface area contributed by atoms with Crippen molar-refractivity contribution < 1.29 is 9.59 Å². The summed E-state index contributed by atoms with van der Waals surface area (Å²) in [7, 11) is 0. The second-order valence-electron chi connectivity index (χ2n) is 8.36. The van der Waals surface area contributed by atoms with E-state index in [1.807, 2.05) is 36.1 Å². The first-order valence-corrected chi connectivity index (χ1v) is 10.1. The summed E-state index contributed by atoms with van der Waals surface area (Å²) < 4.78 is 0. The van der Waals surface area contributed by atoms with Gasteiger partial charge in [0.1, 0.15) is 0 Å². The lowest BCUT2D eigenvalue weighted by atomic mass is 9.92. The van der Waals surface area contributed by atoms with Crippen LogP contribution in [0.15, 0.2) is 42.5 Å². The molecule has 2 amide bonds. The predicted octanol–water partition coefficient (Wildman–Crippen LogP) is 5.23. The Morgan fingerprint density at radius 1 is 1.00 bits per heavy atom. The molecule has 1 aliphatic rings. The van der Waals surface area contributed by atoms with E-state index in [4.69, 9.17) is 0 Å². The predicted molar refractivity (Wildman–Crippen MR) is 115 cm³/mol. The van der Waals surface area contributed by atoms with Crippen molar-refractivity contribution >= 4 is 23.2 Å². The van der Waals surface area contributed by atoms with E-state index < -0.39 is 0 Å². The lowest BCUT2D eigenvalue weighted by molar-refractivity contribution is -0.122. The van der Waals surface area contributed by atoms with Crippen LogP contribution in [0, 0.1) is 12.8 Å². The first-order valence-electron chi connectivity index (χ1n) is 10.1. The third-order valence-corrected chi connectivity index (χ3v) is 5.43. The molecule has 3 rings (SSSR count). The molecule has 1 N–H and O–H groups in total. The average Bonchev–Trinajstić information content (AvgIpc) is 3.04. The van der Waals surface area contributed by atoms with Crippen molar-refractivity contribution in [2.75, 3.05) is 16.8 Å². The maximum absolute atomic E-state index is 12.9. The molecule has 0 saturated carbocycles. The van der Waals surface area contributed by atoms with Crippen molar-refractivity contribution in [2.24, 2.45) is 5.92 Å². The van der Waals surface area contributed by atoms with Crippen LogP contribution in [-0.2, 0) is 9.59 Å². The molecule has 1 aliphatic heterocycles. The minimum atomic E-state index is -0.339. The average molecular weight is 379 g/mol. The molecule has 0 spiro atoms. The van der Waals surface area contributed by atoms with Gasteiger partial charge in [0.2, 0.25) is 11.8 Å². The summed E-state index contributed by atoms with van der Waals surface area (Å²) in [5.74, 6) is 0.213. The molecular formula is C24H30N2O2. The van der Waals surface area contributed by atoms with E-state index in [2.05, 4.69) is 51.2 Å². The number of hydrogen-bond acceptors (Lipinski definition) is 2. The van der Waals surface area contributed by atoms with Crippen molar-refractivity contribution in [1.82, 2.24) is 0 Å². The first kappa shape index (κ1) is 20.1. The number of hydrogen-bond donors (Lipinski definition) is 1. The van der Waals surface area contributed by atoms with Crippen molar-refractivity contribution in [2.45, 2.75) is 52.9 Å². The second-order valence-corrected chi connectivity index (χ2v) is 8.36. The van der Waals surface area contributed by atoms with Gasteiger partial charge in [-0.2, -0.15) is 0 Å². The number of benzene rings is 2. The highest BCUT2D eigenvalue weighted by Gasteiger charge is 2.37. The van der Waals surface area contributed by atoms with E-state index in [1.165, 1.54) is 11.1 Å². The molecule has 0 aromatic heterocycles. The molecule has 0 aliphatic carbocycles. The summed E-state index contributed by atoms with van der Waals surface area (Å²) in [4.78, 5) is 27.5. The smallest absolute Gasteiger partial charge is 0.229 e. The maximum Gasteiger partial charge on any atom is 0.229 e. The number of aryl methyl sites for hydroxylation is 1. The second kappa shape index (κ2) is 8.17. The molecular weight excluding hydrogens is 348 g/mol. The minimum Gasteiger partial charge on any atom is -0.326 e. The van der Waals surface area contributed by atoms with Crippen molar-refractivity contribution in [3.63, 3.8) is 0 Å². The summed E-state index contributed by atoms with van der Waals surface area (Å²) >= 11 is 0. The van der Waals surface area contributed by atoms with E-state index >= 15 is 0 Å². The highest BCUT2D eigenvalue weighted by molar-refractivity contribution is 6.04. The molecule has 1 heterocycles. The van der Waals surface area contributed by atoms with Gasteiger partial charge < -0.3 is 10.2 Å². The van der Waals surface area contributed by atoms with Gasteiger partial charge in [0.05, 0.1) is 11.6 Å². The van der Waals surface area contributed by atoms with Gasteiger partial charge >= 0.3 is 0 Å². The Kier molecular flexibility index (Phi) is 5.87. The van der Waals surface area contributed by atoms with Crippen LogP contribution in [0.2, 0.25) is 0 Å². The summed E-state index contributed by atoms with van der Waals surface area (Å²) in [6.07, 6.45) is 0.252. The Hall–Kier alpha value is -2.62. The highest BCUT2D eigenvalue weighted by Crippen LogP contribution is 2.38. The first-order chi connectivity index (χ1) is 13.3. The molecule has 148 valence electrons. The molecule has 1 fully saturated rings. The Morgan fingerprint density at radius 3 is 2.11 bits per heavy atom. The molecule has 4 nitrogen and oxygen atoms in total. The highest BCUT2D eigenvalue weighted by atomic mass is 16.2. The summed E-state index contributed by atoms with van der Waals surface area (Å²) in [6.45, 7) is 11.0. The van der Waals surface area contributed by atoms with Crippen LogP contribution in [0.25, 0.3) is 0 Å². The number of anilines is 2. The number of para-hydroxylation sites is 1. The van der Waals surface area contributed by atoms with E-state index in [0.29, 0.717) is 18.4 Å². The van der Waals surface area contributed by atoms with Gasteiger partial charge in [-0.15, -0.1) is 0 Å². The normalized spacial score (nSPS) is 16.9. The number of rotatable bonds is 5. The van der Waals surface area contributed by atoms with Gasteiger partial charge in [-0.1, -0.05) is 63.6 Å². The fraction of sp³-hybridized carbons (Fsp3) is 0.417. The molecule has 28 heavy (non-hydrogen) atoms. The van der Waals surface area contributed by atoms with E-state index in [1.54, 1.807) is 0 Å². The van der Waals surface area contributed by atoms with E-state index in [-0.39, 0.29) is 24.2 Å². The molecule has 1 atom stereocenters. The molecule has 4 heteroatoms. The molecule has 1 unspecified atom stereocenters. The van der Waals surface area contributed by atoms with Crippen molar-refractivity contribution in [3.8, 4) is 0 Å². The van der Waals surface area contributed by atoms with Gasteiger partial charge in [0.15, 0.2) is 0 Å². The van der Waals surface area contributed by atoms with Crippen LogP contribution < -0.4 is 10.2 Å². The van der Waals surface area contributed by atoms with E-state index in [0.717, 1.165) is 16.9 Å². The molecule has 0 bridgehead atoms. The van der Waals surface area contributed by atoms with Crippen LogP contribution in [0.1, 0.15) is 62.6 Å². The van der Waals surface area contributed by atoms with E-state index in [9.17, 15) is 9.59 Å². The zero-order chi connectivity index (χ0) is 20.4. The minimum absolute atomic E-state index is 0.0269. The van der Waals surface area contributed by atoms with Crippen LogP contribution in [0.4, 0.5) is 11.4 Å². The quantitative estimate of drug-likeness (QED) is 0.774.